The first kappa shape index (κ1) is 16.5. The third kappa shape index (κ3) is 2.40. The van der Waals surface area contributed by atoms with Gasteiger partial charge in [0.2, 0.25) is 10.0 Å². The topological polar surface area (TPSA) is 72.5 Å². The number of halogens is 3. The molecule has 1 N–H and O–H groups in total. The molecule has 1 aromatic rings. The Morgan fingerprint density at radius 2 is 1.68 bits per heavy atom. The fourth-order valence-corrected chi connectivity index (χ4v) is 3.46. The molecule has 0 fully saturated rings. The van der Waals surface area contributed by atoms with Crippen LogP contribution in [0.15, 0.2) is 46.6 Å². The minimum atomic E-state index is -5.19. The number of hydrogen-bond acceptors (Lipinski definition) is 4. The number of carbonyl (C=O) groups is 1. The predicted molar refractivity (Wildman–Crippen MR) is 70.0 cm³/mol. The lowest BCUT2D eigenvalue weighted by atomic mass is 9.92. The molecule has 0 amide bonds. The van der Waals surface area contributed by atoms with Gasteiger partial charge in [0.1, 0.15) is 5.76 Å². The maximum Gasteiger partial charge on any atom is 0.422 e. The standard InChI is InChI=1S/C13H12F3NO4S/c1-8-9(2)21-11(18)12(8,13(14,15)16)17-22(19,20)10-6-4-3-5-7-10/h3-7,17H,1-2H3/t12-/m0/s1. The Labute approximate surface area is 124 Å². The molecule has 5 nitrogen and oxygen atoms in total. The van der Waals surface area contributed by atoms with Crippen molar-refractivity contribution in [3.05, 3.63) is 41.7 Å². The van der Waals surface area contributed by atoms with Gasteiger partial charge in [-0.3, -0.25) is 0 Å². The minimum Gasteiger partial charge on any atom is -0.429 e. The van der Waals surface area contributed by atoms with Crippen LogP contribution >= 0.6 is 0 Å². The zero-order valence-corrected chi connectivity index (χ0v) is 12.4. The van der Waals surface area contributed by atoms with E-state index in [0.29, 0.717) is 0 Å². The minimum absolute atomic E-state index is 0.280. The second kappa shape index (κ2) is 5.10. The summed E-state index contributed by atoms with van der Waals surface area (Å²) < 4.78 is 70.8. The number of benzene rings is 1. The number of rotatable bonds is 3. The fourth-order valence-electron chi connectivity index (χ4n) is 2.07. The van der Waals surface area contributed by atoms with Gasteiger partial charge in [0.05, 0.1) is 4.90 Å². The highest BCUT2D eigenvalue weighted by molar-refractivity contribution is 7.89. The molecular weight excluding hydrogens is 323 g/mol. The van der Waals surface area contributed by atoms with Gasteiger partial charge in [-0.15, -0.1) is 0 Å². The molecule has 0 spiro atoms. The smallest absolute Gasteiger partial charge is 0.422 e. The molecule has 22 heavy (non-hydrogen) atoms. The van der Waals surface area contributed by atoms with Gasteiger partial charge in [-0.25, -0.2) is 13.2 Å². The van der Waals surface area contributed by atoms with Crippen LogP contribution in [0.5, 0.6) is 0 Å². The van der Waals surface area contributed by atoms with Crippen LogP contribution in [0, 0.1) is 0 Å². The second-order valence-electron chi connectivity index (χ2n) is 4.74. The van der Waals surface area contributed by atoms with E-state index in [9.17, 15) is 26.4 Å². The second-order valence-corrected chi connectivity index (χ2v) is 6.42. The van der Waals surface area contributed by atoms with E-state index in [1.807, 2.05) is 0 Å². The van der Waals surface area contributed by atoms with Crippen LogP contribution < -0.4 is 4.72 Å². The quantitative estimate of drug-likeness (QED) is 0.859. The SMILES string of the molecule is CC1=C(C)[C@@](NS(=O)(=O)c2ccccc2)(C(F)(F)F)C(=O)O1. The van der Waals surface area contributed by atoms with Crippen LogP contribution in [0.1, 0.15) is 13.8 Å². The molecule has 2 rings (SSSR count). The lowest BCUT2D eigenvalue weighted by Crippen LogP contribution is -2.63. The van der Waals surface area contributed by atoms with Gasteiger partial charge in [0.25, 0.3) is 5.54 Å². The van der Waals surface area contributed by atoms with Crippen LogP contribution in [0.2, 0.25) is 0 Å². The Morgan fingerprint density at radius 1 is 1.14 bits per heavy atom. The van der Waals surface area contributed by atoms with E-state index in [0.717, 1.165) is 26.0 Å². The summed E-state index contributed by atoms with van der Waals surface area (Å²) in [5, 5.41) is 0. The van der Waals surface area contributed by atoms with Crippen LogP contribution in [-0.2, 0) is 19.6 Å². The first-order chi connectivity index (χ1) is 10.0. The molecule has 9 heteroatoms. The molecule has 120 valence electrons. The summed E-state index contributed by atoms with van der Waals surface area (Å²) in [7, 11) is -4.58. The third-order valence-electron chi connectivity index (χ3n) is 3.41. The zero-order chi connectivity index (χ0) is 16.8. The number of nitrogens with one attached hydrogen (secondary N) is 1. The molecule has 0 saturated heterocycles. The van der Waals surface area contributed by atoms with E-state index in [4.69, 9.17) is 0 Å². The molecule has 1 aliphatic rings. The molecule has 0 aromatic heterocycles. The number of sulfonamides is 1. The van der Waals surface area contributed by atoms with E-state index in [1.54, 1.807) is 0 Å². The van der Waals surface area contributed by atoms with Crippen molar-refractivity contribution in [1.29, 1.82) is 0 Å². The first-order valence-electron chi connectivity index (χ1n) is 6.08. The van der Waals surface area contributed by atoms with Crippen molar-refractivity contribution >= 4 is 16.0 Å². The normalized spacial score (nSPS) is 22.9. The molecule has 0 bridgehead atoms. The summed E-state index contributed by atoms with van der Waals surface area (Å²) >= 11 is 0. The Morgan fingerprint density at radius 3 is 2.09 bits per heavy atom. The highest BCUT2D eigenvalue weighted by Crippen LogP contribution is 2.43. The Bertz CT molecular complexity index is 740. The molecule has 1 atom stereocenters. The molecule has 1 aromatic carbocycles. The van der Waals surface area contributed by atoms with Crippen molar-refractivity contribution in [3.63, 3.8) is 0 Å². The van der Waals surface area contributed by atoms with E-state index in [-0.39, 0.29) is 10.7 Å². The van der Waals surface area contributed by atoms with Crippen molar-refractivity contribution in [3.8, 4) is 0 Å². The van der Waals surface area contributed by atoms with Crippen molar-refractivity contribution in [2.24, 2.45) is 0 Å². The predicted octanol–water partition coefficient (Wildman–Crippen LogP) is 2.12. The average Bonchev–Trinajstić information content (AvgIpc) is 2.63. The maximum absolute atomic E-state index is 13.5. The molecule has 0 saturated carbocycles. The Hall–Kier alpha value is -1.87. The van der Waals surface area contributed by atoms with Crippen LogP contribution in [0.25, 0.3) is 0 Å². The van der Waals surface area contributed by atoms with Crippen LogP contribution in [-0.4, -0.2) is 26.1 Å². The van der Waals surface area contributed by atoms with Crippen molar-refractivity contribution in [1.82, 2.24) is 4.72 Å². The molecule has 0 radical (unpaired) electrons. The summed E-state index contributed by atoms with van der Waals surface area (Å²) in [5.41, 5.74) is -3.95. The Kier molecular flexibility index (Phi) is 3.82. The highest BCUT2D eigenvalue weighted by Gasteiger charge is 2.68. The first-order valence-corrected chi connectivity index (χ1v) is 7.56. The Balaban J connectivity index is 2.58. The maximum atomic E-state index is 13.5. The molecule has 0 aliphatic carbocycles. The van der Waals surface area contributed by atoms with Crippen molar-refractivity contribution in [2.45, 2.75) is 30.5 Å². The monoisotopic (exact) mass is 335 g/mol. The number of cyclic esters (lactones) is 1. The number of carbonyl (C=O) groups excluding carboxylic acids is 1. The third-order valence-corrected chi connectivity index (χ3v) is 4.88. The fraction of sp³-hybridized carbons (Fsp3) is 0.308. The lowest BCUT2D eigenvalue weighted by molar-refractivity contribution is -0.192. The van der Waals surface area contributed by atoms with Crippen LogP contribution in [0.4, 0.5) is 13.2 Å². The van der Waals surface area contributed by atoms with Crippen molar-refractivity contribution < 1.29 is 31.1 Å². The summed E-state index contributed by atoms with van der Waals surface area (Å²) in [5.74, 6) is -1.99. The zero-order valence-electron chi connectivity index (χ0n) is 11.6. The molecular formula is C13H12F3NO4S. The summed E-state index contributed by atoms with van der Waals surface area (Å²) in [6, 6.07) is 6.47. The number of hydrogen-bond donors (Lipinski definition) is 1. The van der Waals surface area contributed by atoms with Gasteiger partial charge < -0.3 is 4.74 Å². The van der Waals surface area contributed by atoms with E-state index >= 15 is 0 Å². The van der Waals surface area contributed by atoms with Gasteiger partial charge in [-0.1, -0.05) is 18.2 Å². The van der Waals surface area contributed by atoms with E-state index in [1.165, 1.54) is 22.9 Å². The summed E-state index contributed by atoms with van der Waals surface area (Å²) in [4.78, 5) is 11.4. The number of allylic oxidation sites excluding steroid dienone is 1. The van der Waals surface area contributed by atoms with Crippen LogP contribution in [0.3, 0.4) is 0 Å². The van der Waals surface area contributed by atoms with Gasteiger partial charge >= 0.3 is 12.1 Å². The molecule has 1 aliphatic heterocycles. The highest BCUT2D eigenvalue weighted by atomic mass is 32.2. The molecule has 0 unspecified atom stereocenters. The molecule has 1 heterocycles. The average molecular weight is 335 g/mol. The number of alkyl halides is 3. The van der Waals surface area contributed by atoms with Gasteiger partial charge in [-0.05, 0) is 26.0 Å². The van der Waals surface area contributed by atoms with Gasteiger partial charge in [0, 0.05) is 5.57 Å². The summed E-state index contributed by atoms with van der Waals surface area (Å²) in [6.45, 7) is 2.17. The number of ether oxygens (including phenoxy) is 1. The lowest BCUT2D eigenvalue weighted by Gasteiger charge is -2.29. The van der Waals surface area contributed by atoms with Gasteiger partial charge in [-0.2, -0.15) is 17.9 Å². The van der Waals surface area contributed by atoms with Gasteiger partial charge in [0.15, 0.2) is 0 Å². The van der Waals surface area contributed by atoms with E-state index in [2.05, 4.69) is 4.74 Å². The number of esters is 1. The largest absolute Gasteiger partial charge is 0.429 e. The summed E-state index contributed by atoms with van der Waals surface area (Å²) in [6.07, 6.45) is -5.19. The van der Waals surface area contributed by atoms with E-state index < -0.39 is 33.3 Å². The van der Waals surface area contributed by atoms with Crippen molar-refractivity contribution in [2.75, 3.05) is 0 Å².